The Balaban J connectivity index is 1.50. The monoisotopic (exact) mass is 483 g/mol. The van der Waals surface area contributed by atoms with Crippen LogP contribution >= 0.6 is 11.6 Å². The SMILES string of the molecule is COC(=O)c1ccc2nc(Cc3ccc(-c4ccc(F)c(Cl)n4)cc3F)n(C[C@@H]3CCO3)c2c1. The Kier molecular flexibility index (Phi) is 6.02. The van der Waals surface area contributed by atoms with Gasteiger partial charge in [-0.2, -0.15) is 0 Å². The lowest BCUT2D eigenvalue weighted by Gasteiger charge is -2.27. The summed E-state index contributed by atoms with van der Waals surface area (Å²) in [4.78, 5) is 20.7. The number of methoxy groups -OCH3 is 1. The fourth-order valence-electron chi connectivity index (χ4n) is 3.99. The number of esters is 1. The van der Waals surface area contributed by atoms with Crippen molar-refractivity contribution in [1.29, 1.82) is 0 Å². The molecule has 0 bridgehead atoms. The molecule has 1 fully saturated rings. The molecule has 6 nitrogen and oxygen atoms in total. The zero-order valence-corrected chi connectivity index (χ0v) is 19.0. The summed E-state index contributed by atoms with van der Waals surface area (Å²) in [6.45, 7) is 1.26. The lowest BCUT2D eigenvalue weighted by Crippen LogP contribution is -2.31. The standard InChI is InChI=1S/C25H20ClF2N3O3/c1-33-25(32)16-4-6-21-22(11-16)31(13-17-8-9-34-17)23(29-21)12-14-2-3-15(10-19(14)28)20-7-5-18(27)24(26)30-20/h2-7,10-11,17H,8-9,12-13H2,1H3/t17-/m0/s1. The molecule has 4 aromatic rings. The molecule has 1 saturated heterocycles. The van der Waals surface area contributed by atoms with Gasteiger partial charge in [0, 0.05) is 18.6 Å². The van der Waals surface area contributed by atoms with E-state index < -0.39 is 17.6 Å². The van der Waals surface area contributed by atoms with Gasteiger partial charge in [0.1, 0.15) is 11.6 Å². The first-order chi connectivity index (χ1) is 16.4. The van der Waals surface area contributed by atoms with Crippen LogP contribution in [0.3, 0.4) is 0 Å². The Labute approximate surface area is 199 Å². The van der Waals surface area contributed by atoms with E-state index in [0.717, 1.165) is 11.9 Å². The van der Waals surface area contributed by atoms with Crippen LogP contribution in [-0.2, 0) is 22.4 Å². The van der Waals surface area contributed by atoms with Crippen LogP contribution in [-0.4, -0.2) is 40.3 Å². The number of hydrogen-bond acceptors (Lipinski definition) is 5. The van der Waals surface area contributed by atoms with Gasteiger partial charge in [-0.05, 0) is 48.4 Å². The molecule has 0 spiro atoms. The van der Waals surface area contributed by atoms with Crippen molar-refractivity contribution in [2.24, 2.45) is 0 Å². The van der Waals surface area contributed by atoms with E-state index in [9.17, 15) is 9.18 Å². The number of imidazole rings is 1. The van der Waals surface area contributed by atoms with Gasteiger partial charge in [-0.15, -0.1) is 0 Å². The van der Waals surface area contributed by atoms with E-state index in [1.807, 2.05) is 4.57 Å². The molecule has 1 atom stereocenters. The molecule has 0 N–H and O–H groups in total. The Morgan fingerprint density at radius 2 is 1.97 bits per heavy atom. The van der Waals surface area contributed by atoms with Gasteiger partial charge >= 0.3 is 5.97 Å². The molecule has 2 aromatic heterocycles. The van der Waals surface area contributed by atoms with E-state index in [4.69, 9.17) is 26.1 Å². The minimum atomic E-state index is -0.632. The van der Waals surface area contributed by atoms with E-state index >= 15 is 4.39 Å². The molecule has 1 aliphatic heterocycles. The molecular formula is C25H20ClF2N3O3. The van der Waals surface area contributed by atoms with Crippen molar-refractivity contribution in [3.05, 3.63) is 82.3 Å². The summed E-state index contributed by atoms with van der Waals surface area (Å²) >= 11 is 5.77. The second-order valence-corrected chi connectivity index (χ2v) is 8.43. The third-order valence-electron chi connectivity index (χ3n) is 5.93. The molecule has 0 aliphatic carbocycles. The molecule has 0 unspecified atom stereocenters. The van der Waals surface area contributed by atoms with E-state index in [1.54, 1.807) is 30.3 Å². The van der Waals surface area contributed by atoms with E-state index in [2.05, 4.69) is 4.98 Å². The highest BCUT2D eigenvalue weighted by Crippen LogP contribution is 2.27. The number of carbonyl (C=O) groups is 1. The van der Waals surface area contributed by atoms with Gasteiger partial charge in [-0.3, -0.25) is 0 Å². The van der Waals surface area contributed by atoms with Crippen LogP contribution in [0.5, 0.6) is 0 Å². The summed E-state index contributed by atoms with van der Waals surface area (Å²) < 4.78 is 40.9. The highest BCUT2D eigenvalue weighted by molar-refractivity contribution is 6.29. The Hall–Kier alpha value is -3.36. The zero-order valence-electron chi connectivity index (χ0n) is 18.2. The quantitative estimate of drug-likeness (QED) is 0.279. The second kappa shape index (κ2) is 9.12. The lowest BCUT2D eigenvalue weighted by atomic mass is 10.1. The number of halogens is 3. The zero-order chi connectivity index (χ0) is 23.8. The summed E-state index contributed by atoms with van der Waals surface area (Å²) in [5.41, 5.74) is 3.18. The van der Waals surface area contributed by atoms with Gasteiger partial charge in [0.25, 0.3) is 0 Å². The largest absolute Gasteiger partial charge is 0.465 e. The molecule has 0 amide bonds. The van der Waals surface area contributed by atoms with Crippen LogP contribution in [0.4, 0.5) is 8.78 Å². The molecule has 174 valence electrons. The highest BCUT2D eigenvalue weighted by atomic mass is 35.5. The number of rotatable bonds is 6. The van der Waals surface area contributed by atoms with Crippen molar-refractivity contribution in [1.82, 2.24) is 14.5 Å². The fourth-order valence-corrected chi connectivity index (χ4v) is 4.14. The summed E-state index contributed by atoms with van der Waals surface area (Å²) in [5.74, 6) is -0.852. The van der Waals surface area contributed by atoms with Crippen LogP contribution in [0.25, 0.3) is 22.3 Å². The maximum Gasteiger partial charge on any atom is 0.337 e. The summed E-state index contributed by atoms with van der Waals surface area (Å²) in [6, 6.07) is 12.5. The number of aromatic nitrogens is 3. The maximum atomic E-state index is 15.1. The third kappa shape index (κ3) is 4.26. The van der Waals surface area contributed by atoms with Crippen molar-refractivity contribution in [3.8, 4) is 11.3 Å². The lowest BCUT2D eigenvalue weighted by molar-refractivity contribution is -0.0589. The smallest absolute Gasteiger partial charge is 0.337 e. The fraction of sp³-hybridized carbons (Fsp3) is 0.240. The molecule has 9 heteroatoms. The first-order valence-electron chi connectivity index (χ1n) is 10.7. The minimum absolute atomic E-state index is 0.0412. The summed E-state index contributed by atoms with van der Waals surface area (Å²) in [7, 11) is 1.33. The first-order valence-corrected chi connectivity index (χ1v) is 11.1. The molecule has 2 aromatic carbocycles. The second-order valence-electron chi connectivity index (χ2n) is 8.07. The predicted molar refractivity (Wildman–Crippen MR) is 123 cm³/mol. The Morgan fingerprint density at radius 1 is 1.15 bits per heavy atom. The van der Waals surface area contributed by atoms with E-state index in [0.29, 0.717) is 46.9 Å². The van der Waals surface area contributed by atoms with Gasteiger partial charge < -0.3 is 14.0 Å². The van der Waals surface area contributed by atoms with Gasteiger partial charge in [0.05, 0.1) is 42.0 Å². The maximum absolute atomic E-state index is 15.1. The van der Waals surface area contributed by atoms with Crippen LogP contribution in [0.15, 0.2) is 48.5 Å². The van der Waals surface area contributed by atoms with Gasteiger partial charge in [0.15, 0.2) is 11.0 Å². The van der Waals surface area contributed by atoms with Gasteiger partial charge in [0.2, 0.25) is 0 Å². The van der Waals surface area contributed by atoms with Gasteiger partial charge in [-0.25, -0.2) is 23.5 Å². The normalized spacial score (nSPS) is 15.4. The molecule has 1 aliphatic rings. The number of nitrogens with zero attached hydrogens (tertiary/aromatic N) is 3. The molecule has 0 radical (unpaired) electrons. The van der Waals surface area contributed by atoms with Crippen LogP contribution in [0, 0.1) is 11.6 Å². The summed E-state index contributed by atoms with van der Waals surface area (Å²) in [5, 5.41) is -0.264. The van der Waals surface area contributed by atoms with Crippen molar-refractivity contribution < 1.29 is 23.0 Å². The Morgan fingerprint density at radius 3 is 2.65 bits per heavy atom. The molecule has 0 saturated carbocycles. The van der Waals surface area contributed by atoms with Crippen LogP contribution in [0.1, 0.15) is 28.2 Å². The topological polar surface area (TPSA) is 66.2 Å². The molecule has 34 heavy (non-hydrogen) atoms. The van der Waals surface area contributed by atoms with Gasteiger partial charge in [-0.1, -0.05) is 23.7 Å². The number of pyridine rings is 1. The first kappa shape index (κ1) is 22.4. The molecule has 5 rings (SSSR count). The van der Waals surface area contributed by atoms with E-state index in [1.165, 1.54) is 25.3 Å². The minimum Gasteiger partial charge on any atom is -0.465 e. The third-order valence-corrected chi connectivity index (χ3v) is 6.19. The average Bonchev–Trinajstić information content (AvgIpc) is 3.14. The van der Waals surface area contributed by atoms with Crippen molar-refractivity contribution in [3.63, 3.8) is 0 Å². The molecule has 3 heterocycles. The van der Waals surface area contributed by atoms with Crippen molar-refractivity contribution in [2.45, 2.75) is 25.5 Å². The highest BCUT2D eigenvalue weighted by Gasteiger charge is 2.23. The number of ether oxygens (including phenoxy) is 2. The van der Waals surface area contributed by atoms with E-state index in [-0.39, 0.29) is 17.7 Å². The number of benzene rings is 2. The number of fused-ring (bicyclic) bond motifs is 1. The Bertz CT molecular complexity index is 1400. The molecular weight excluding hydrogens is 464 g/mol. The van der Waals surface area contributed by atoms with Crippen molar-refractivity contribution >= 4 is 28.6 Å². The van der Waals surface area contributed by atoms with Crippen LogP contribution < -0.4 is 0 Å². The van der Waals surface area contributed by atoms with Crippen LogP contribution in [0.2, 0.25) is 5.15 Å². The number of hydrogen-bond donors (Lipinski definition) is 0. The number of carbonyl (C=O) groups excluding carboxylic acids is 1. The summed E-state index contributed by atoms with van der Waals surface area (Å²) in [6.07, 6.45) is 1.20. The average molecular weight is 484 g/mol. The van der Waals surface area contributed by atoms with Crippen molar-refractivity contribution in [2.75, 3.05) is 13.7 Å². The predicted octanol–water partition coefficient (Wildman–Crippen LogP) is 5.20.